The van der Waals surface area contributed by atoms with Gasteiger partial charge >= 0.3 is 0 Å². The van der Waals surface area contributed by atoms with Gasteiger partial charge in [-0.05, 0) is 43.2 Å². The van der Waals surface area contributed by atoms with E-state index >= 15 is 0 Å². The van der Waals surface area contributed by atoms with Gasteiger partial charge in [-0.25, -0.2) is 14.4 Å². The van der Waals surface area contributed by atoms with Crippen LogP contribution in [-0.4, -0.2) is 26.5 Å². The topological polar surface area (TPSA) is 85.8 Å². The van der Waals surface area contributed by atoms with Gasteiger partial charge in [0.1, 0.15) is 22.7 Å². The molecule has 1 amide bonds. The number of carbonyl (C=O) groups is 1. The molecule has 0 spiro atoms. The molecule has 3 N–H and O–H groups in total. The van der Waals surface area contributed by atoms with E-state index in [0.29, 0.717) is 27.9 Å². The quantitative estimate of drug-likeness (QED) is 0.532. The number of fused-ring (bicyclic) bond motifs is 2. The molecule has 4 aromatic rings. The molecule has 1 aliphatic rings. The van der Waals surface area contributed by atoms with Crippen LogP contribution in [0.15, 0.2) is 48.5 Å². The average Bonchev–Trinajstić information content (AvgIpc) is 3.03. The Labute approximate surface area is 172 Å². The van der Waals surface area contributed by atoms with E-state index < -0.39 is 5.82 Å². The summed E-state index contributed by atoms with van der Waals surface area (Å²) in [5, 5.41) is 3.12. The second-order valence-corrected chi connectivity index (χ2v) is 7.77. The molecule has 30 heavy (non-hydrogen) atoms. The Hall–Kier alpha value is -3.48. The van der Waals surface area contributed by atoms with Crippen molar-refractivity contribution in [1.29, 1.82) is 0 Å². The Morgan fingerprint density at radius 3 is 2.50 bits per heavy atom. The lowest BCUT2D eigenvalue weighted by Gasteiger charge is -2.22. The number of amides is 1. The van der Waals surface area contributed by atoms with Crippen LogP contribution in [0.25, 0.3) is 27.9 Å². The van der Waals surface area contributed by atoms with Crippen molar-refractivity contribution in [3.8, 4) is 5.69 Å². The van der Waals surface area contributed by atoms with Gasteiger partial charge in [-0.2, -0.15) is 0 Å². The van der Waals surface area contributed by atoms with Crippen molar-refractivity contribution < 1.29 is 9.18 Å². The number of para-hydroxylation sites is 2. The summed E-state index contributed by atoms with van der Waals surface area (Å²) < 4.78 is 15.5. The lowest BCUT2D eigenvalue weighted by molar-refractivity contribution is 0.0930. The van der Waals surface area contributed by atoms with Crippen molar-refractivity contribution in [2.24, 2.45) is 0 Å². The number of nitrogens with one attached hydrogen (secondary N) is 1. The summed E-state index contributed by atoms with van der Waals surface area (Å²) in [6.07, 6.45) is 5.34. The summed E-state index contributed by atoms with van der Waals surface area (Å²) in [6.45, 7) is 0. The molecule has 5 rings (SSSR count). The summed E-state index contributed by atoms with van der Waals surface area (Å²) in [5.74, 6) is -0.445. The minimum Gasteiger partial charge on any atom is -0.384 e. The highest BCUT2D eigenvalue weighted by Gasteiger charge is 2.26. The highest BCUT2D eigenvalue weighted by Crippen LogP contribution is 2.31. The normalized spacial score (nSPS) is 15.0. The van der Waals surface area contributed by atoms with Crippen LogP contribution in [0.3, 0.4) is 0 Å². The number of anilines is 1. The first-order valence-electron chi connectivity index (χ1n) is 10.3. The Balaban J connectivity index is 1.71. The molecule has 0 atom stereocenters. The smallest absolute Gasteiger partial charge is 0.257 e. The van der Waals surface area contributed by atoms with Crippen molar-refractivity contribution in [2.45, 2.75) is 38.1 Å². The summed E-state index contributed by atoms with van der Waals surface area (Å²) in [6, 6.07) is 13.6. The fraction of sp³-hybridized carbons (Fsp3) is 0.261. The maximum absolute atomic E-state index is 13.9. The third kappa shape index (κ3) is 3.16. The minimum absolute atomic E-state index is 0.131. The van der Waals surface area contributed by atoms with Crippen LogP contribution in [0.5, 0.6) is 0 Å². The van der Waals surface area contributed by atoms with E-state index in [2.05, 4.69) is 5.32 Å². The largest absolute Gasteiger partial charge is 0.384 e. The van der Waals surface area contributed by atoms with Crippen LogP contribution in [0.2, 0.25) is 0 Å². The number of nitrogens with two attached hydrogens (primary N) is 1. The Bertz CT molecular complexity index is 1260. The summed E-state index contributed by atoms with van der Waals surface area (Å²) in [7, 11) is 0. The first-order chi connectivity index (χ1) is 14.6. The van der Waals surface area contributed by atoms with Crippen molar-refractivity contribution in [2.75, 3.05) is 5.73 Å². The van der Waals surface area contributed by atoms with Gasteiger partial charge in [0.2, 0.25) is 0 Å². The standard InChI is InChI=1S/C23H22FN5O/c24-14-7-6-10-16(13-14)29-21(25)19(23(30)26-15-8-2-1-3-9-15)20-22(29)28-18-12-5-4-11-17(18)27-20/h4-7,10-13,15H,1-3,8-9,25H2,(H,26,30). The van der Waals surface area contributed by atoms with Crippen molar-refractivity contribution in [3.05, 3.63) is 59.9 Å². The van der Waals surface area contributed by atoms with E-state index in [9.17, 15) is 9.18 Å². The molecule has 6 nitrogen and oxygen atoms in total. The Morgan fingerprint density at radius 2 is 1.77 bits per heavy atom. The van der Waals surface area contributed by atoms with Crippen LogP contribution in [0.4, 0.5) is 10.2 Å². The van der Waals surface area contributed by atoms with Gasteiger partial charge in [-0.3, -0.25) is 9.36 Å². The van der Waals surface area contributed by atoms with E-state index in [0.717, 1.165) is 25.7 Å². The molecule has 0 saturated heterocycles. The number of rotatable bonds is 3. The van der Waals surface area contributed by atoms with Gasteiger partial charge in [0.15, 0.2) is 5.65 Å². The van der Waals surface area contributed by atoms with E-state index in [4.69, 9.17) is 15.7 Å². The number of halogens is 1. The fourth-order valence-electron chi connectivity index (χ4n) is 4.27. The number of nitrogen functional groups attached to an aromatic ring is 1. The molecule has 1 aliphatic carbocycles. The maximum Gasteiger partial charge on any atom is 0.257 e. The van der Waals surface area contributed by atoms with Gasteiger partial charge in [0.05, 0.1) is 16.7 Å². The highest BCUT2D eigenvalue weighted by atomic mass is 19.1. The number of carbonyl (C=O) groups excluding carboxylic acids is 1. The maximum atomic E-state index is 13.9. The molecule has 1 fully saturated rings. The zero-order valence-electron chi connectivity index (χ0n) is 16.4. The first-order valence-corrected chi connectivity index (χ1v) is 10.3. The number of aromatic nitrogens is 3. The third-order valence-electron chi connectivity index (χ3n) is 5.73. The summed E-state index contributed by atoms with van der Waals surface area (Å²) in [5.41, 5.74) is 9.47. The lowest BCUT2D eigenvalue weighted by atomic mass is 9.95. The van der Waals surface area contributed by atoms with Crippen LogP contribution >= 0.6 is 0 Å². The second-order valence-electron chi connectivity index (χ2n) is 7.77. The van der Waals surface area contributed by atoms with Crippen molar-refractivity contribution in [3.63, 3.8) is 0 Å². The molecule has 2 aromatic heterocycles. The fourth-order valence-corrected chi connectivity index (χ4v) is 4.27. The van der Waals surface area contributed by atoms with E-state index in [1.807, 2.05) is 24.3 Å². The molecule has 0 aliphatic heterocycles. The molecule has 0 radical (unpaired) electrons. The molecule has 2 aromatic carbocycles. The molecule has 0 bridgehead atoms. The number of hydrogen-bond acceptors (Lipinski definition) is 4. The molecule has 0 unspecified atom stereocenters. The Morgan fingerprint density at radius 1 is 1.03 bits per heavy atom. The predicted octanol–water partition coefficient (Wildman–Crippen LogP) is 4.36. The van der Waals surface area contributed by atoms with E-state index in [1.54, 1.807) is 16.7 Å². The van der Waals surface area contributed by atoms with Crippen molar-refractivity contribution in [1.82, 2.24) is 19.9 Å². The van der Waals surface area contributed by atoms with Crippen LogP contribution in [0, 0.1) is 5.82 Å². The Kier molecular flexibility index (Phi) is 4.58. The molecular weight excluding hydrogens is 381 g/mol. The number of benzene rings is 2. The molecule has 2 heterocycles. The van der Waals surface area contributed by atoms with Crippen molar-refractivity contribution >= 4 is 33.9 Å². The highest BCUT2D eigenvalue weighted by molar-refractivity contribution is 6.11. The number of nitrogens with zero attached hydrogens (tertiary/aromatic N) is 3. The van der Waals surface area contributed by atoms with Gasteiger partial charge < -0.3 is 11.1 Å². The molecule has 1 saturated carbocycles. The van der Waals surface area contributed by atoms with Crippen LogP contribution < -0.4 is 11.1 Å². The second kappa shape index (κ2) is 7.40. The zero-order chi connectivity index (χ0) is 20.7. The van der Waals surface area contributed by atoms with Gasteiger partial charge in [-0.15, -0.1) is 0 Å². The molecule has 152 valence electrons. The first kappa shape index (κ1) is 18.5. The van der Waals surface area contributed by atoms with Gasteiger partial charge in [0, 0.05) is 6.04 Å². The zero-order valence-corrected chi connectivity index (χ0v) is 16.4. The molecule has 7 heteroatoms. The van der Waals surface area contributed by atoms with Gasteiger partial charge in [-0.1, -0.05) is 37.5 Å². The van der Waals surface area contributed by atoms with E-state index in [-0.39, 0.29) is 23.3 Å². The number of hydrogen-bond donors (Lipinski definition) is 2. The molecular formula is C23H22FN5O. The van der Waals surface area contributed by atoms with E-state index in [1.165, 1.54) is 18.6 Å². The third-order valence-corrected chi connectivity index (χ3v) is 5.73. The van der Waals surface area contributed by atoms with Crippen LogP contribution in [-0.2, 0) is 0 Å². The monoisotopic (exact) mass is 403 g/mol. The van der Waals surface area contributed by atoms with Crippen LogP contribution in [0.1, 0.15) is 42.5 Å². The predicted molar refractivity (Wildman–Crippen MR) is 115 cm³/mol. The van der Waals surface area contributed by atoms with Gasteiger partial charge in [0.25, 0.3) is 5.91 Å². The summed E-state index contributed by atoms with van der Waals surface area (Å²) in [4.78, 5) is 22.7. The summed E-state index contributed by atoms with van der Waals surface area (Å²) >= 11 is 0. The lowest BCUT2D eigenvalue weighted by Crippen LogP contribution is -2.36. The average molecular weight is 403 g/mol. The SMILES string of the molecule is Nc1c(C(=O)NC2CCCCC2)c2nc3ccccc3nc2n1-c1cccc(F)c1. The minimum atomic E-state index is -0.393.